The first-order chi connectivity index (χ1) is 9.37. The summed E-state index contributed by atoms with van der Waals surface area (Å²) in [5.41, 5.74) is 0.171. The Morgan fingerprint density at radius 3 is 2.15 bits per heavy atom. The quantitative estimate of drug-likeness (QED) is 0.627. The van der Waals surface area contributed by atoms with Gasteiger partial charge >= 0.3 is 0 Å². The molecular formula is C16H33NO3. The van der Waals surface area contributed by atoms with Crippen LogP contribution in [0.4, 0.5) is 0 Å². The molecule has 0 radical (unpaired) electrons. The lowest BCUT2D eigenvalue weighted by molar-refractivity contribution is -0.109. The minimum absolute atomic E-state index is 0.171. The summed E-state index contributed by atoms with van der Waals surface area (Å²) in [6, 6.07) is 0. The summed E-state index contributed by atoms with van der Waals surface area (Å²) >= 11 is 0. The lowest BCUT2D eigenvalue weighted by Crippen LogP contribution is -2.41. The summed E-state index contributed by atoms with van der Waals surface area (Å²) in [4.78, 5) is 0. The zero-order valence-corrected chi connectivity index (χ0v) is 13.9. The number of rotatable bonds is 10. The Balaban J connectivity index is 1.85. The fourth-order valence-corrected chi connectivity index (χ4v) is 2.03. The topological polar surface area (TPSA) is 39.7 Å². The molecule has 4 nitrogen and oxygen atoms in total. The van der Waals surface area contributed by atoms with Gasteiger partial charge in [-0.1, -0.05) is 13.8 Å². The Morgan fingerprint density at radius 2 is 1.60 bits per heavy atom. The van der Waals surface area contributed by atoms with Gasteiger partial charge in [-0.05, 0) is 39.5 Å². The van der Waals surface area contributed by atoms with Crippen molar-refractivity contribution in [3.8, 4) is 0 Å². The van der Waals surface area contributed by atoms with Gasteiger partial charge in [0.25, 0.3) is 0 Å². The Kier molecular flexibility index (Phi) is 8.03. The first kappa shape index (κ1) is 17.9. The van der Waals surface area contributed by atoms with Gasteiger partial charge in [0.1, 0.15) is 0 Å². The lowest BCUT2D eigenvalue weighted by atomic mass is 9.92. The summed E-state index contributed by atoms with van der Waals surface area (Å²) < 4.78 is 17.0. The molecule has 4 heteroatoms. The average molecular weight is 287 g/mol. The molecule has 1 saturated carbocycles. The van der Waals surface area contributed by atoms with Crippen molar-refractivity contribution in [3.05, 3.63) is 0 Å². The normalized spacial score (nSPS) is 23.1. The minimum atomic E-state index is 0.171. The summed E-state index contributed by atoms with van der Waals surface area (Å²) in [5.74, 6) is 0.596. The Bertz CT molecular complexity index is 245. The highest BCUT2D eigenvalue weighted by Gasteiger charge is 2.30. The molecule has 120 valence electrons. The third-order valence-corrected chi connectivity index (χ3v) is 3.19. The molecule has 0 atom stereocenters. The molecule has 0 aliphatic heterocycles. The molecule has 1 N–H and O–H groups in total. The van der Waals surface area contributed by atoms with Crippen LogP contribution in [0, 0.1) is 5.92 Å². The standard InChI is InChI=1S/C16H33NO3/c1-13(2)12-18-8-9-20-15-10-14(11-15)19-7-6-17-16(3,4)5/h13-15,17H,6-12H2,1-5H3. The maximum Gasteiger partial charge on any atom is 0.0704 e. The second-order valence-corrected chi connectivity index (χ2v) is 7.10. The predicted octanol–water partition coefficient (Wildman–Crippen LogP) is 2.61. The summed E-state index contributed by atoms with van der Waals surface area (Å²) in [6.07, 6.45) is 2.82. The summed E-state index contributed by atoms with van der Waals surface area (Å²) in [5, 5.41) is 3.42. The van der Waals surface area contributed by atoms with Gasteiger partial charge in [0.05, 0.1) is 32.0 Å². The Hall–Kier alpha value is -0.160. The van der Waals surface area contributed by atoms with Gasteiger partial charge in [-0.2, -0.15) is 0 Å². The van der Waals surface area contributed by atoms with E-state index in [-0.39, 0.29) is 5.54 Å². The van der Waals surface area contributed by atoms with E-state index >= 15 is 0 Å². The van der Waals surface area contributed by atoms with Crippen molar-refractivity contribution < 1.29 is 14.2 Å². The molecule has 0 amide bonds. The highest BCUT2D eigenvalue weighted by atomic mass is 16.5. The van der Waals surface area contributed by atoms with Crippen molar-refractivity contribution in [2.75, 3.05) is 33.0 Å². The molecule has 1 fully saturated rings. The van der Waals surface area contributed by atoms with Crippen LogP contribution in [0.1, 0.15) is 47.5 Å². The van der Waals surface area contributed by atoms with E-state index in [1.807, 2.05) is 0 Å². The van der Waals surface area contributed by atoms with Gasteiger partial charge in [-0.3, -0.25) is 0 Å². The van der Waals surface area contributed by atoms with E-state index < -0.39 is 0 Å². The Labute approximate surface area is 124 Å². The molecule has 0 aromatic carbocycles. The SMILES string of the molecule is CC(C)COCCOC1CC(OCCNC(C)(C)C)C1. The number of hydrogen-bond donors (Lipinski definition) is 1. The van der Waals surface area contributed by atoms with E-state index in [0.29, 0.717) is 31.3 Å². The van der Waals surface area contributed by atoms with Crippen molar-refractivity contribution in [2.24, 2.45) is 5.92 Å². The summed E-state index contributed by atoms with van der Waals surface area (Å²) in [7, 11) is 0. The molecule has 0 aromatic heterocycles. The minimum Gasteiger partial charge on any atom is -0.379 e. The van der Waals surface area contributed by atoms with Crippen LogP contribution >= 0.6 is 0 Å². The number of nitrogens with one attached hydrogen (secondary N) is 1. The highest BCUT2D eigenvalue weighted by molar-refractivity contribution is 4.81. The van der Waals surface area contributed by atoms with Crippen LogP contribution < -0.4 is 5.32 Å². The number of ether oxygens (including phenoxy) is 3. The number of hydrogen-bond acceptors (Lipinski definition) is 4. The second-order valence-electron chi connectivity index (χ2n) is 7.10. The van der Waals surface area contributed by atoms with Crippen molar-refractivity contribution in [3.63, 3.8) is 0 Å². The molecule has 0 spiro atoms. The van der Waals surface area contributed by atoms with E-state index in [4.69, 9.17) is 14.2 Å². The molecule has 20 heavy (non-hydrogen) atoms. The molecule has 0 heterocycles. The van der Waals surface area contributed by atoms with E-state index in [9.17, 15) is 0 Å². The molecular weight excluding hydrogens is 254 g/mol. The molecule has 0 saturated heterocycles. The molecule has 0 bridgehead atoms. The Morgan fingerprint density at radius 1 is 1.00 bits per heavy atom. The van der Waals surface area contributed by atoms with Gasteiger partial charge in [-0.25, -0.2) is 0 Å². The van der Waals surface area contributed by atoms with Crippen LogP contribution in [-0.2, 0) is 14.2 Å². The van der Waals surface area contributed by atoms with Gasteiger partial charge in [0.15, 0.2) is 0 Å². The zero-order valence-electron chi connectivity index (χ0n) is 13.9. The van der Waals surface area contributed by atoms with E-state index in [0.717, 1.165) is 32.6 Å². The third-order valence-electron chi connectivity index (χ3n) is 3.19. The van der Waals surface area contributed by atoms with Crippen LogP contribution in [0.25, 0.3) is 0 Å². The van der Waals surface area contributed by atoms with Crippen LogP contribution in [0.5, 0.6) is 0 Å². The first-order valence-electron chi connectivity index (χ1n) is 7.93. The fourth-order valence-electron chi connectivity index (χ4n) is 2.03. The van der Waals surface area contributed by atoms with Gasteiger partial charge in [0, 0.05) is 18.7 Å². The predicted molar refractivity (Wildman–Crippen MR) is 82.1 cm³/mol. The average Bonchev–Trinajstić information content (AvgIpc) is 2.27. The fraction of sp³-hybridized carbons (Fsp3) is 1.00. The van der Waals surface area contributed by atoms with Crippen LogP contribution in [0.15, 0.2) is 0 Å². The maximum absolute atomic E-state index is 5.79. The molecule has 1 aliphatic carbocycles. The summed E-state index contributed by atoms with van der Waals surface area (Å²) in [6.45, 7) is 14.7. The van der Waals surface area contributed by atoms with Crippen molar-refractivity contribution >= 4 is 0 Å². The molecule has 0 unspecified atom stereocenters. The molecule has 1 rings (SSSR count). The largest absolute Gasteiger partial charge is 0.379 e. The smallest absolute Gasteiger partial charge is 0.0704 e. The second kappa shape index (κ2) is 8.98. The maximum atomic E-state index is 5.79. The van der Waals surface area contributed by atoms with Crippen LogP contribution in [0.3, 0.4) is 0 Å². The van der Waals surface area contributed by atoms with E-state index in [1.54, 1.807) is 0 Å². The van der Waals surface area contributed by atoms with Gasteiger partial charge in [-0.15, -0.1) is 0 Å². The van der Waals surface area contributed by atoms with E-state index in [1.165, 1.54) is 0 Å². The molecule has 0 aromatic rings. The zero-order chi connectivity index (χ0) is 15.0. The van der Waals surface area contributed by atoms with Crippen molar-refractivity contribution in [2.45, 2.75) is 65.2 Å². The van der Waals surface area contributed by atoms with Crippen molar-refractivity contribution in [1.29, 1.82) is 0 Å². The molecule has 1 aliphatic rings. The van der Waals surface area contributed by atoms with Crippen molar-refractivity contribution in [1.82, 2.24) is 5.32 Å². The lowest BCUT2D eigenvalue weighted by Gasteiger charge is -2.35. The van der Waals surface area contributed by atoms with Gasteiger partial charge in [0.2, 0.25) is 0 Å². The first-order valence-corrected chi connectivity index (χ1v) is 7.93. The van der Waals surface area contributed by atoms with Crippen LogP contribution in [-0.4, -0.2) is 50.7 Å². The third kappa shape index (κ3) is 8.90. The monoisotopic (exact) mass is 287 g/mol. The van der Waals surface area contributed by atoms with Crippen LogP contribution in [0.2, 0.25) is 0 Å². The van der Waals surface area contributed by atoms with E-state index in [2.05, 4.69) is 39.9 Å². The highest BCUT2D eigenvalue weighted by Crippen LogP contribution is 2.26. The van der Waals surface area contributed by atoms with Gasteiger partial charge < -0.3 is 19.5 Å².